The largest absolute Gasteiger partial charge is 0.508 e. The maximum atomic E-state index is 12.2. The van der Waals surface area contributed by atoms with Crippen LogP contribution in [0.1, 0.15) is 0 Å². The lowest BCUT2D eigenvalue weighted by molar-refractivity contribution is 0.475. The zero-order chi connectivity index (χ0) is 12.5. The first-order valence-electron chi connectivity index (χ1n) is 4.80. The summed E-state index contributed by atoms with van der Waals surface area (Å²) in [4.78, 5) is 0.393. The highest BCUT2D eigenvalue weighted by Crippen LogP contribution is 2.23. The monoisotopic (exact) mass is 312 g/mol. The smallest absolute Gasteiger partial charge is 0.206 e. The number of sulfone groups is 1. The van der Waals surface area contributed by atoms with E-state index in [1.165, 1.54) is 36.4 Å². The number of hydrogen-bond acceptors (Lipinski definition) is 3. The molecule has 1 N–H and O–H groups in total. The molecule has 17 heavy (non-hydrogen) atoms. The molecule has 3 nitrogen and oxygen atoms in total. The number of phenolic OH excluding ortho intramolecular Hbond substituents is 1. The molecular formula is C12H9BrO3S. The lowest BCUT2D eigenvalue weighted by atomic mass is 10.3. The Morgan fingerprint density at radius 1 is 0.824 bits per heavy atom. The van der Waals surface area contributed by atoms with E-state index in [0.29, 0.717) is 0 Å². The van der Waals surface area contributed by atoms with Crippen LogP contribution in [0.2, 0.25) is 0 Å². The Balaban J connectivity index is 2.50. The normalized spacial score (nSPS) is 11.4. The highest BCUT2D eigenvalue weighted by molar-refractivity contribution is 9.10. The summed E-state index contributed by atoms with van der Waals surface area (Å²) < 4.78 is 25.1. The average Bonchev–Trinajstić information content (AvgIpc) is 2.30. The fourth-order valence-corrected chi connectivity index (χ4v) is 2.90. The van der Waals surface area contributed by atoms with Crippen LogP contribution in [-0.2, 0) is 9.84 Å². The molecule has 5 heteroatoms. The van der Waals surface area contributed by atoms with Crippen LogP contribution >= 0.6 is 15.9 Å². The van der Waals surface area contributed by atoms with Crippen molar-refractivity contribution >= 4 is 25.8 Å². The van der Waals surface area contributed by atoms with Crippen molar-refractivity contribution in [3.8, 4) is 5.75 Å². The molecule has 0 radical (unpaired) electrons. The number of halogens is 1. The van der Waals surface area contributed by atoms with E-state index in [1.54, 1.807) is 12.1 Å². The van der Waals surface area contributed by atoms with Gasteiger partial charge in [-0.15, -0.1) is 0 Å². The van der Waals surface area contributed by atoms with Gasteiger partial charge in [0.05, 0.1) is 9.79 Å². The first-order chi connectivity index (χ1) is 8.00. The van der Waals surface area contributed by atoms with Crippen molar-refractivity contribution in [2.45, 2.75) is 9.79 Å². The van der Waals surface area contributed by atoms with E-state index in [2.05, 4.69) is 15.9 Å². The average molecular weight is 313 g/mol. The van der Waals surface area contributed by atoms with E-state index in [1.807, 2.05) is 0 Å². The molecule has 0 fully saturated rings. The third-order valence-corrected chi connectivity index (χ3v) is 4.59. The fourth-order valence-electron chi connectivity index (χ4n) is 1.38. The molecule has 0 aliphatic carbocycles. The quantitative estimate of drug-likeness (QED) is 0.927. The van der Waals surface area contributed by atoms with Crippen LogP contribution in [-0.4, -0.2) is 13.5 Å². The molecule has 2 aromatic rings. The molecule has 0 saturated heterocycles. The van der Waals surface area contributed by atoms with Crippen molar-refractivity contribution in [3.63, 3.8) is 0 Å². The molecule has 0 heterocycles. The summed E-state index contributed by atoms with van der Waals surface area (Å²) in [6, 6.07) is 11.9. The van der Waals surface area contributed by atoms with E-state index in [4.69, 9.17) is 5.11 Å². The summed E-state index contributed by atoms with van der Waals surface area (Å²) >= 11 is 3.25. The van der Waals surface area contributed by atoms with Crippen LogP contribution in [0.5, 0.6) is 5.75 Å². The highest BCUT2D eigenvalue weighted by Gasteiger charge is 2.16. The molecule has 0 spiro atoms. The maximum absolute atomic E-state index is 12.2. The van der Waals surface area contributed by atoms with Crippen molar-refractivity contribution in [2.24, 2.45) is 0 Å². The molecule has 2 rings (SSSR count). The Morgan fingerprint density at radius 3 is 1.71 bits per heavy atom. The first kappa shape index (κ1) is 12.1. The lowest BCUT2D eigenvalue weighted by Gasteiger charge is -2.04. The number of aromatic hydroxyl groups is 1. The van der Waals surface area contributed by atoms with Gasteiger partial charge < -0.3 is 5.11 Å². The maximum Gasteiger partial charge on any atom is 0.206 e. The van der Waals surface area contributed by atoms with Crippen LogP contribution in [0.3, 0.4) is 0 Å². The van der Waals surface area contributed by atoms with E-state index in [-0.39, 0.29) is 15.5 Å². The molecule has 0 aromatic heterocycles. The van der Waals surface area contributed by atoms with Crippen molar-refractivity contribution in [1.29, 1.82) is 0 Å². The second kappa shape index (κ2) is 4.50. The van der Waals surface area contributed by atoms with Gasteiger partial charge in [0.15, 0.2) is 0 Å². The number of rotatable bonds is 2. The zero-order valence-electron chi connectivity index (χ0n) is 8.67. The second-order valence-electron chi connectivity index (χ2n) is 3.45. The molecular weight excluding hydrogens is 304 g/mol. The minimum absolute atomic E-state index is 0.0414. The standard InChI is InChI=1S/C12H9BrO3S/c13-9-1-5-11(6-2-9)17(15,16)12-7-3-10(14)4-8-12/h1-8,14H. The number of benzene rings is 2. The lowest BCUT2D eigenvalue weighted by Crippen LogP contribution is -2.01. The van der Waals surface area contributed by atoms with Crippen LogP contribution in [0.4, 0.5) is 0 Å². The van der Waals surface area contributed by atoms with Crippen molar-refractivity contribution in [2.75, 3.05) is 0 Å². The van der Waals surface area contributed by atoms with Crippen molar-refractivity contribution in [1.82, 2.24) is 0 Å². The van der Waals surface area contributed by atoms with Gasteiger partial charge in [0.1, 0.15) is 5.75 Å². The summed E-state index contributed by atoms with van der Waals surface area (Å²) in [5, 5.41) is 9.13. The first-order valence-corrected chi connectivity index (χ1v) is 7.07. The van der Waals surface area contributed by atoms with Crippen LogP contribution in [0.15, 0.2) is 62.8 Å². The van der Waals surface area contributed by atoms with E-state index in [9.17, 15) is 8.42 Å². The van der Waals surface area contributed by atoms with Gasteiger partial charge in [-0.1, -0.05) is 15.9 Å². The second-order valence-corrected chi connectivity index (χ2v) is 6.32. The molecule has 0 atom stereocenters. The Bertz CT molecular complexity index is 564. The minimum Gasteiger partial charge on any atom is -0.508 e. The van der Waals surface area contributed by atoms with E-state index < -0.39 is 9.84 Å². The van der Waals surface area contributed by atoms with Gasteiger partial charge >= 0.3 is 0 Å². The molecule has 0 unspecified atom stereocenters. The van der Waals surface area contributed by atoms with Crippen LogP contribution in [0, 0.1) is 0 Å². The molecule has 0 aliphatic heterocycles. The van der Waals surface area contributed by atoms with E-state index in [0.717, 1.165) is 4.47 Å². The van der Waals surface area contributed by atoms with Gasteiger partial charge in [0, 0.05) is 4.47 Å². The number of phenols is 1. The zero-order valence-corrected chi connectivity index (χ0v) is 11.1. The summed E-state index contributed by atoms with van der Waals surface area (Å²) in [5.74, 6) is 0.0414. The molecule has 0 bridgehead atoms. The van der Waals surface area contributed by atoms with E-state index >= 15 is 0 Å². The van der Waals surface area contributed by atoms with Crippen molar-refractivity contribution in [3.05, 3.63) is 53.0 Å². The van der Waals surface area contributed by atoms with Gasteiger partial charge in [-0.25, -0.2) is 8.42 Å². The summed E-state index contributed by atoms with van der Waals surface area (Å²) in [5.41, 5.74) is 0. The third-order valence-electron chi connectivity index (χ3n) is 2.27. The van der Waals surface area contributed by atoms with Crippen LogP contribution < -0.4 is 0 Å². The Kier molecular flexibility index (Phi) is 3.22. The fraction of sp³-hybridized carbons (Fsp3) is 0. The van der Waals surface area contributed by atoms with Gasteiger partial charge in [-0.3, -0.25) is 0 Å². The van der Waals surface area contributed by atoms with Gasteiger partial charge in [0.25, 0.3) is 0 Å². The molecule has 0 amide bonds. The molecule has 88 valence electrons. The minimum atomic E-state index is -3.50. The molecule has 0 saturated carbocycles. The Labute approximate surface area is 108 Å². The topological polar surface area (TPSA) is 54.4 Å². The summed E-state index contributed by atoms with van der Waals surface area (Å²) in [7, 11) is -3.50. The molecule has 0 aliphatic rings. The van der Waals surface area contributed by atoms with Gasteiger partial charge in [-0.2, -0.15) is 0 Å². The Morgan fingerprint density at radius 2 is 1.24 bits per heavy atom. The van der Waals surface area contributed by atoms with Crippen molar-refractivity contribution < 1.29 is 13.5 Å². The van der Waals surface area contributed by atoms with Crippen LogP contribution in [0.25, 0.3) is 0 Å². The third kappa shape index (κ3) is 2.50. The van der Waals surface area contributed by atoms with Gasteiger partial charge in [0.2, 0.25) is 9.84 Å². The SMILES string of the molecule is O=S(=O)(c1ccc(O)cc1)c1ccc(Br)cc1. The van der Waals surface area contributed by atoms with Gasteiger partial charge in [-0.05, 0) is 48.5 Å². The summed E-state index contributed by atoms with van der Waals surface area (Å²) in [6.07, 6.45) is 0. The number of hydrogen-bond donors (Lipinski definition) is 1. The highest BCUT2D eigenvalue weighted by atomic mass is 79.9. The molecule has 2 aromatic carbocycles. The Hall–Kier alpha value is -1.33. The predicted octanol–water partition coefficient (Wildman–Crippen LogP) is 2.99. The summed E-state index contributed by atoms with van der Waals surface area (Å²) in [6.45, 7) is 0. The predicted molar refractivity (Wildman–Crippen MR) is 67.7 cm³/mol.